The van der Waals surface area contributed by atoms with Crippen molar-refractivity contribution >= 4 is 29.0 Å². The van der Waals surface area contributed by atoms with E-state index in [1.54, 1.807) is 12.3 Å². The number of fused-ring (bicyclic) bond motifs is 1. The molecule has 1 aliphatic heterocycles. The first kappa shape index (κ1) is 8.31. The van der Waals surface area contributed by atoms with Gasteiger partial charge in [-0.2, -0.15) is 0 Å². The number of nitrogens with one attached hydrogen (secondary N) is 2. The molecule has 0 bridgehead atoms. The van der Waals surface area contributed by atoms with Crippen molar-refractivity contribution in [2.75, 3.05) is 17.2 Å². The zero-order valence-corrected chi connectivity index (χ0v) is 7.56. The minimum atomic E-state index is -0.0182. The fraction of sp³-hybridized carbons (Fsp3) is 0.250. The maximum absolute atomic E-state index is 11.1. The standard InChI is InChI=1S/C8H8ClN3O/c9-5-3-6-8(11-4-5)10-2-1-7(13)12-6/h3-4H,1-2H2,(H,10,11)(H,12,13). The van der Waals surface area contributed by atoms with Gasteiger partial charge in [-0.3, -0.25) is 4.79 Å². The van der Waals surface area contributed by atoms with Gasteiger partial charge in [-0.05, 0) is 6.07 Å². The first-order valence-electron chi connectivity index (χ1n) is 3.95. The summed E-state index contributed by atoms with van der Waals surface area (Å²) in [5.74, 6) is 0.658. The Hall–Kier alpha value is -1.29. The molecule has 0 saturated carbocycles. The van der Waals surface area contributed by atoms with Crippen LogP contribution in [0, 0.1) is 0 Å². The lowest BCUT2D eigenvalue weighted by molar-refractivity contribution is -0.115. The Bertz CT molecular complexity index is 353. The molecular formula is C8H8ClN3O. The second-order valence-corrected chi connectivity index (χ2v) is 3.21. The molecule has 1 amide bonds. The average Bonchev–Trinajstić information content (AvgIpc) is 2.25. The van der Waals surface area contributed by atoms with Gasteiger partial charge in [-0.15, -0.1) is 0 Å². The summed E-state index contributed by atoms with van der Waals surface area (Å²) in [7, 11) is 0. The molecule has 2 rings (SSSR count). The lowest BCUT2D eigenvalue weighted by Gasteiger charge is -2.05. The van der Waals surface area contributed by atoms with Crippen molar-refractivity contribution in [3.8, 4) is 0 Å². The van der Waals surface area contributed by atoms with Crippen molar-refractivity contribution in [2.45, 2.75) is 6.42 Å². The summed E-state index contributed by atoms with van der Waals surface area (Å²) in [6, 6.07) is 1.68. The highest BCUT2D eigenvalue weighted by Crippen LogP contribution is 2.24. The molecule has 5 heteroatoms. The molecule has 2 heterocycles. The van der Waals surface area contributed by atoms with Gasteiger partial charge in [-0.1, -0.05) is 11.6 Å². The van der Waals surface area contributed by atoms with Gasteiger partial charge in [0, 0.05) is 19.2 Å². The number of carbonyl (C=O) groups excluding carboxylic acids is 1. The van der Waals surface area contributed by atoms with Crippen molar-refractivity contribution in [3.63, 3.8) is 0 Å². The lowest BCUT2D eigenvalue weighted by atomic mass is 10.4. The number of anilines is 2. The summed E-state index contributed by atoms with van der Waals surface area (Å²) >= 11 is 5.74. The average molecular weight is 198 g/mol. The van der Waals surface area contributed by atoms with E-state index in [1.165, 1.54) is 0 Å². The monoisotopic (exact) mass is 197 g/mol. The van der Waals surface area contributed by atoms with Crippen LogP contribution in [0.2, 0.25) is 5.02 Å². The van der Waals surface area contributed by atoms with E-state index in [-0.39, 0.29) is 5.91 Å². The predicted octanol–water partition coefficient (Wildman–Crippen LogP) is 1.49. The summed E-state index contributed by atoms with van der Waals surface area (Å²) in [5, 5.41) is 6.26. The normalized spacial score (nSPS) is 15.3. The van der Waals surface area contributed by atoms with Crippen LogP contribution < -0.4 is 10.6 Å². The van der Waals surface area contributed by atoms with E-state index in [1.807, 2.05) is 0 Å². The van der Waals surface area contributed by atoms with Crippen LogP contribution in [0.5, 0.6) is 0 Å². The minimum absolute atomic E-state index is 0.0182. The molecule has 0 atom stereocenters. The molecule has 0 fully saturated rings. The highest BCUT2D eigenvalue weighted by atomic mass is 35.5. The van der Waals surface area contributed by atoms with Gasteiger partial charge in [0.25, 0.3) is 0 Å². The molecule has 2 N–H and O–H groups in total. The van der Waals surface area contributed by atoms with Crippen molar-refractivity contribution in [2.24, 2.45) is 0 Å². The van der Waals surface area contributed by atoms with Crippen molar-refractivity contribution in [1.29, 1.82) is 0 Å². The molecule has 0 aliphatic carbocycles. The van der Waals surface area contributed by atoms with Crippen LogP contribution in [0.25, 0.3) is 0 Å². The summed E-state index contributed by atoms with van der Waals surface area (Å²) in [6.07, 6.45) is 2.00. The van der Waals surface area contributed by atoms with Crippen LogP contribution in [0.4, 0.5) is 11.5 Å². The number of amides is 1. The Labute approximate surface area is 80.3 Å². The van der Waals surface area contributed by atoms with Crippen LogP contribution in [-0.2, 0) is 4.79 Å². The maximum atomic E-state index is 11.1. The number of hydrogen-bond acceptors (Lipinski definition) is 3. The molecule has 1 aliphatic rings. The van der Waals surface area contributed by atoms with Crippen molar-refractivity contribution < 1.29 is 4.79 Å². The van der Waals surface area contributed by atoms with E-state index in [2.05, 4.69) is 15.6 Å². The minimum Gasteiger partial charge on any atom is -0.368 e. The van der Waals surface area contributed by atoms with Crippen LogP contribution in [0.3, 0.4) is 0 Å². The molecule has 1 aromatic heterocycles. The van der Waals surface area contributed by atoms with Gasteiger partial charge < -0.3 is 10.6 Å². The zero-order valence-electron chi connectivity index (χ0n) is 6.80. The third kappa shape index (κ3) is 1.72. The number of nitrogens with zero attached hydrogens (tertiary/aromatic N) is 1. The van der Waals surface area contributed by atoms with Crippen LogP contribution >= 0.6 is 11.6 Å². The first-order chi connectivity index (χ1) is 6.25. The second kappa shape index (κ2) is 3.22. The molecule has 1 aromatic rings. The first-order valence-corrected chi connectivity index (χ1v) is 4.33. The van der Waals surface area contributed by atoms with Gasteiger partial charge >= 0.3 is 0 Å². The third-order valence-corrected chi connectivity index (χ3v) is 1.98. The fourth-order valence-corrected chi connectivity index (χ4v) is 1.34. The van der Waals surface area contributed by atoms with E-state index in [0.29, 0.717) is 29.5 Å². The molecule has 13 heavy (non-hydrogen) atoms. The lowest BCUT2D eigenvalue weighted by Crippen LogP contribution is -2.10. The Balaban J connectivity index is 2.40. The van der Waals surface area contributed by atoms with Gasteiger partial charge in [0.2, 0.25) is 5.91 Å². The quantitative estimate of drug-likeness (QED) is 0.663. The molecule has 68 valence electrons. The summed E-state index contributed by atoms with van der Waals surface area (Å²) in [6.45, 7) is 0.605. The highest BCUT2D eigenvalue weighted by molar-refractivity contribution is 6.30. The van der Waals surface area contributed by atoms with Gasteiger partial charge in [0.1, 0.15) is 5.82 Å². The van der Waals surface area contributed by atoms with E-state index in [4.69, 9.17) is 11.6 Å². The van der Waals surface area contributed by atoms with E-state index in [0.717, 1.165) is 0 Å². The van der Waals surface area contributed by atoms with Crippen LogP contribution in [0.1, 0.15) is 6.42 Å². The third-order valence-electron chi connectivity index (χ3n) is 1.77. The van der Waals surface area contributed by atoms with E-state index >= 15 is 0 Å². The molecule has 0 radical (unpaired) electrons. The molecule has 0 unspecified atom stereocenters. The number of aromatic nitrogens is 1. The van der Waals surface area contributed by atoms with Crippen LogP contribution in [0.15, 0.2) is 12.3 Å². The smallest absolute Gasteiger partial charge is 0.226 e. The summed E-state index contributed by atoms with van der Waals surface area (Å²) in [4.78, 5) is 15.2. The zero-order chi connectivity index (χ0) is 9.26. The molecule has 4 nitrogen and oxygen atoms in total. The number of pyridine rings is 1. The van der Waals surface area contributed by atoms with E-state index in [9.17, 15) is 4.79 Å². The summed E-state index contributed by atoms with van der Waals surface area (Å²) in [5.41, 5.74) is 0.648. The number of halogens is 1. The highest BCUT2D eigenvalue weighted by Gasteiger charge is 2.12. The maximum Gasteiger partial charge on any atom is 0.226 e. The van der Waals surface area contributed by atoms with Crippen molar-refractivity contribution in [3.05, 3.63) is 17.3 Å². The molecule has 0 saturated heterocycles. The van der Waals surface area contributed by atoms with Crippen molar-refractivity contribution in [1.82, 2.24) is 4.98 Å². The predicted molar refractivity (Wildman–Crippen MR) is 51.0 cm³/mol. The van der Waals surface area contributed by atoms with Gasteiger partial charge in [0.15, 0.2) is 0 Å². The Morgan fingerprint density at radius 3 is 3.23 bits per heavy atom. The SMILES string of the molecule is O=C1CCNc2ncc(Cl)cc2N1. The summed E-state index contributed by atoms with van der Waals surface area (Å²) < 4.78 is 0. The Morgan fingerprint density at radius 1 is 1.54 bits per heavy atom. The molecular weight excluding hydrogens is 190 g/mol. The Kier molecular flexibility index (Phi) is 2.06. The van der Waals surface area contributed by atoms with Crippen LogP contribution in [-0.4, -0.2) is 17.4 Å². The second-order valence-electron chi connectivity index (χ2n) is 2.77. The van der Waals surface area contributed by atoms with Gasteiger partial charge in [-0.25, -0.2) is 4.98 Å². The molecule has 0 aromatic carbocycles. The Morgan fingerprint density at radius 2 is 2.38 bits per heavy atom. The number of hydrogen-bond donors (Lipinski definition) is 2. The van der Waals surface area contributed by atoms with Gasteiger partial charge in [0.05, 0.1) is 10.7 Å². The largest absolute Gasteiger partial charge is 0.368 e. The number of carbonyl (C=O) groups is 1. The molecule has 0 spiro atoms. The number of rotatable bonds is 0. The van der Waals surface area contributed by atoms with E-state index < -0.39 is 0 Å². The fourth-order valence-electron chi connectivity index (χ4n) is 1.18. The topological polar surface area (TPSA) is 54.0 Å².